The molecule has 0 radical (unpaired) electrons. The summed E-state index contributed by atoms with van der Waals surface area (Å²) in [4.78, 5) is 12.0. The van der Waals surface area contributed by atoms with Crippen LogP contribution in [0.4, 0.5) is 5.82 Å². The maximum atomic E-state index is 10.7. The quantitative estimate of drug-likeness (QED) is 0.850. The maximum absolute atomic E-state index is 10.7. The summed E-state index contributed by atoms with van der Waals surface area (Å²) in [5, 5.41) is 16.0. The SMILES string of the molecule is Cn1ccc(NCc2ccc(C(=O)O)s2)n1. The topological polar surface area (TPSA) is 67.2 Å². The molecule has 2 rings (SSSR count). The van der Waals surface area contributed by atoms with Gasteiger partial charge in [-0.2, -0.15) is 5.10 Å². The third kappa shape index (κ3) is 2.40. The number of carboxylic acid groups (broad SMARTS) is 1. The Morgan fingerprint density at radius 3 is 2.94 bits per heavy atom. The lowest BCUT2D eigenvalue weighted by Gasteiger charge is -1.99. The van der Waals surface area contributed by atoms with Gasteiger partial charge >= 0.3 is 5.97 Å². The molecule has 2 heterocycles. The molecule has 5 nitrogen and oxygen atoms in total. The Balaban J connectivity index is 1.97. The summed E-state index contributed by atoms with van der Waals surface area (Å²) in [5.74, 6) is -0.0955. The van der Waals surface area contributed by atoms with Gasteiger partial charge in [0, 0.05) is 24.2 Å². The number of thiophene rings is 1. The molecule has 0 aliphatic rings. The van der Waals surface area contributed by atoms with Gasteiger partial charge in [0.25, 0.3) is 0 Å². The molecule has 16 heavy (non-hydrogen) atoms. The summed E-state index contributed by atoms with van der Waals surface area (Å²) >= 11 is 1.27. The van der Waals surface area contributed by atoms with Crippen LogP contribution in [0.1, 0.15) is 14.5 Å². The Labute approximate surface area is 96.3 Å². The molecule has 0 saturated heterocycles. The lowest BCUT2D eigenvalue weighted by atomic mass is 10.4. The maximum Gasteiger partial charge on any atom is 0.345 e. The van der Waals surface area contributed by atoms with E-state index in [2.05, 4.69) is 10.4 Å². The molecule has 2 N–H and O–H groups in total. The number of anilines is 1. The first-order valence-corrected chi connectivity index (χ1v) is 5.52. The number of hydrogen-bond donors (Lipinski definition) is 2. The van der Waals surface area contributed by atoms with Crippen molar-refractivity contribution in [2.24, 2.45) is 7.05 Å². The Morgan fingerprint density at radius 2 is 2.38 bits per heavy atom. The minimum atomic E-state index is -0.880. The van der Waals surface area contributed by atoms with Gasteiger partial charge in [-0.3, -0.25) is 4.68 Å². The van der Waals surface area contributed by atoms with Gasteiger partial charge in [-0.25, -0.2) is 4.79 Å². The normalized spacial score (nSPS) is 10.3. The third-order valence-electron chi connectivity index (χ3n) is 2.03. The fraction of sp³-hybridized carbons (Fsp3) is 0.200. The van der Waals surface area contributed by atoms with E-state index in [4.69, 9.17) is 5.11 Å². The van der Waals surface area contributed by atoms with Crippen LogP contribution in [-0.4, -0.2) is 20.9 Å². The van der Waals surface area contributed by atoms with Crippen LogP contribution in [0.15, 0.2) is 24.4 Å². The highest BCUT2D eigenvalue weighted by molar-refractivity contribution is 7.13. The molecule has 0 unspecified atom stereocenters. The number of aromatic nitrogens is 2. The van der Waals surface area contributed by atoms with Crippen LogP contribution in [-0.2, 0) is 13.6 Å². The summed E-state index contributed by atoms with van der Waals surface area (Å²) in [6.45, 7) is 0.592. The molecule has 2 aromatic rings. The number of nitrogens with zero attached hydrogens (tertiary/aromatic N) is 2. The second-order valence-electron chi connectivity index (χ2n) is 3.30. The van der Waals surface area contributed by atoms with Gasteiger partial charge in [0.2, 0.25) is 0 Å². The second kappa shape index (κ2) is 4.36. The molecule has 2 aromatic heterocycles. The van der Waals surface area contributed by atoms with E-state index in [1.807, 2.05) is 25.4 Å². The fourth-order valence-corrected chi connectivity index (χ4v) is 2.06. The van der Waals surface area contributed by atoms with Gasteiger partial charge in [-0.1, -0.05) is 0 Å². The molecule has 84 valence electrons. The van der Waals surface area contributed by atoms with Crippen LogP contribution < -0.4 is 5.32 Å². The van der Waals surface area contributed by atoms with Crippen LogP contribution in [0.5, 0.6) is 0 Å². The van der Waals surface area contributed by atoms with Crippen molar-refractivity contribution in [3.63, 3.8) is 0 Å². The smallest absolute Gasteiger partial charge is 0.345 e. The molecule has 0 aliphatic heterocycles. The fourth-order valence-electron chi connectivity index (χ4n) is 1.27. The van der Waals surface area contributed by atoms with Crippen molar-refractivity contribution < 1.29 is 9.90 Å². The molecule has 0 aliphatic carbocycles. The number of nitrogens with one attached hydrogen (secondary N) is 1. The van der Waals surface area contributed by atoms with E-state index in [9.17, 15) is 4.79 Å². The first-order chi connectivity index (χ1) is 7.65. The van der Waals surface area contributed by atoms with Gasteiger partial charge < -0.3 is 10.4 Å². The number of aryl methyl sites for hydroxylation is 1. The van der Waals surface area contributed by atoms with Gasteiger partial charge in [-0.15, -0.1) is 11.3 Å². The average Bonchev–Trinajstić information content (AvgIpc) is 2.83. The van der Waals surface area contributed by atoms with Gasteiger partial charge in [0.1, 0.15) is 10.7 Å². The minimum absolute atomic E-state index is 0.359. The van der Waals surface area contributed by atoms with E-state index in [-0.39, 0.29) is 0 Å². The van der Waals surface area contributed by atoms with Crippen LogP contribution in [0, 0.1) is 0 Å². The van der Waals surface area contributed by atoms with E-state index in [1.165, 1.54) is 11.3 Å². The van der Waals surface area contributed by atoms with Gasteiger partial charge in [0.05, 0.1) is 6.54 Å². The van der Waals surface area contributed by atoms with E-state index in [0.717, 1.165) is 10.7 Å². The molecule has 0 fully saturated rings. The van der Waals surface area contributed by atoms with Gasteiger partial charge in [-0.05, 0) is 12.1 Å². The molecule has 0 spiro atoms. The highest BCUT2D eigenvalue weighted by Crippen LogP contribution is 2.17. The van der Waals surface area contributed by atoms with Crippen molar-refractivity contribution in [2.75, 3.05) is 5.32 Å². The first kappa shape index (κ1) is 10.7. The van der Waals surface area contributed by atoms with Crippen molar-refractivity contribution in [1.82, 2.24) is 9.78 Å². The number of rotatable bonds is 4. The van der Waals surface area contributed by atoms with Gasteiger partial charge in [0.15, 0.2) is 0 Å². The average molecular weight is 237 g/mol. The minimum Gasteiger partial charge on any atom is -0.477 e. The molecule has 6 heteroatoms. The molecule has 0 amide bonds. The summed E-state index contributed by atoms with van der Waals surface area (Å²) in [6.07, 6.45) is 1.85. The predicted octanol–water partition coefficient (Wildman–Crippen LogP) is 1.79. The van der Waals surface area contributed by atoms with E-state index >= 15 is 0 Å². The zero-order valence-corrected chi connectivity index (χ0v) is 9.49. The zero-order chi connectivity index (χ0) is 11.5. The first-order valence-electron chi connectivity index (χ1n) is 4.70. The summed E-state index contributed by atoms with van der Waals surface area (Å²) in [7, 11) is 1.85. The summed E-state index contributed by atoms with van der Waals surface area (Å²) < 4.78 is 1.71. The Hall–Kier alpha value is -1.82. The number of carbonyl (C=O) groups is 1. The lowest BCUT2D eigenvalue weighted by Crippen LogP contribution is -1.99. The van der Waals surface area contributed by atoms with E-state index < -0.39 is 5.97 Å². The molecule has 0 aromatic carbocycles. The van der Waals surface area contributed by atoms with Crippen molar-refractivity contribution >= 4 is 23.1 Å². The lowest BCUT2D eigenvalue weighted by molar-refractivity contribution is 0.0702. The summed E-state index contributed by atoms with van der Waals surface area (Å²) in [5.41, 5.74) is 0. The Kier molecular flexibility index (Phi) is 2.91. The van der Waals surface area contributed by atoms with Crippen LogP contribution in [0.2, 0.25) is 0 Å². The molecular formula is C10H11N3O2S. The van der Waals surface area contributed by atoms with E-state index in [0.29, 0.717) is 11.4 Å². The number of aromatic carboxylic acids is 1. The zero-order valence-electron chi connectivity index (χ0n) is 8.67. The predicted molar refractivity (Wildman–Crippen MR) is 61.8 cm³/mol. The molecule has 0 saturated carbocycles. The van der Waals surface area contributed by atoms with Crippen LogP contribution >= 0.6 is 11.3 Å². The van der Waals surface area contributed by atoms with Crippen molar-refractivity contribution in [3.8, 4) is 0 Å². The molecule has 0 bridgehead atoms. The summed E-state index contributed by atoms with van der Waals surface area (Å²) in [6, 6.07) is 5.29. The number of hydrogen-bond acceptors (Lipinski definition) is 4. The Morgan fingerprint density at radius 1 is 1.56 bits per heavy atom. The highest BCUT2D eigenvalue weighted by Gasteiger charge is 2.06. The van der Waals surface area contributed by atoms with Crippen molar-refractivity contribution in [2.45, 2.75) is 6.54 Å². The van der Waals surface area contributed by atoms with Crippen molar-refractivity contribution in [1.29, 1.82) is 0 Å². The third-order valence-corrected chi connectivity index (χ3v) is 3.10. The molecular weight excluding hydrogens is 226 g/mol. The van der Waals surface area contributed by atoms with Crippen LogP contribution in [0.25, 0.3) is 0 Å². The number of carboxylic acids is 1. The molecule has 0 atom stereocenters. The second-order valence-corrected chi connectivity index (χ2v) is 4.47. The van der Waals surface area contributed by atoms with Crippen molar-refractivity contribution in [3.05, 3.63) is 34.2 Å². The largest absolute Gasteiger partial charge is 0.477 e. The Bertz CT molecular complexity index is 504. The standard InChI is InChI=1S/C10H11N3O2S/c1-13-5-4-9(12-13)11-6-7-2-3-8(16-7)10(14)15/h2-5H,6H2,1H3,(H,11,12)(H,14,15). The monoisotopic (exact) mass is 237 g/mol. The van der Waals surface area contributed by atoms with E-state index in [1.54, 1.807) is 10.7 Å². The highest BCUT2D eigenvalue weighted by atomic mass is 32.1. The van der Waals surface area contributed by atoms with Crippen LogP contribution in [0.3, 0.4) is 0 Å².